The van der Waals surface area contributed by atoms with Gasteiger partial charge in [0.15, 0.2) is 0 Å². The maximum absolute atomic E-state index is 12.3. The van der Waals surface area contributed by atoms with Crippen LogP contribution >= 0.6 is 15.9 Å². The van der Waals surface area contributed by atoms with Gasteiger partial charge in [-0.3, -0.25) is 9.78 Å². The summed E-state index contributed by atoms with van der Waals surface area (Å²) in [5, 5.41) is 2.92. The third kappa shape index (κ3) is 6.23. The molecule has 1 amide bonds. The van der Waals surface area contributed by atoms with E-state index in [0.717, 1.165) is 47.2 Å². The van der Waals surface area contributed by atoms with Crippen molar-refractivity contribution in [1.29, 1.82) is 0 Å². The number of rotatable bonds is 5. The highest BCUT2D eigenvalue weighted by molar-refractivity contribution is 9.10. The van der Waals surface area contributed by atoms with Crippen molar-refractivity contribution in [1.82, 2.24) is 4.98 Å². The molecular weight excluding hydrogens is 521 g/mol. The molecule has 1 N–H and O–H groups in total. The van der Waals surface area contributed by atoms with Crippen LogP contribution in [-0.2, 0) is 11.3 Å². The quantitative estimate of drug-likeness (QED) is 0.448. The van der Waals surface area contributed by atoms with E-state index in [4.69, 9.17) is 4.74 Å². The van der Waals surface area contributed by atoms with E-state index in [2.05, 4.69) is 52.5 Å². The van der Waals surface area contributed by atoms with E-state index in [0.29, 0.717) is 11.6 Å². The van der Waals surface area contributed by atoms with Crippen molar-refractivity contribution >= 4 is 27.5 Å². The van der Waals surface area contributed by atoms with Gasteiger partial charge in [0.25, 0.3) is 5.91 Å². The highest BCUT2D eigenvalue weighted by Gasteiger charge is 2.30. The third-order valence-corrected chi connectivity index (χ3v) is 5.38. The second-order valence-electron chi connectivity index (χ2n) is 7.32. The van der Waals surface area contributed by atoms with E-state index in [1.165, 1.54) is 5.56 Å². The van der Waals surface area contributed by atoms with Crippen molar-refractivity contribution in [2.75, 3.05) is 32.6 Å². The van der Waals surface area contributed by atoms with Gasteiger partial charge in [-0.2, -0.15) is 0 Å². The van der Waals surface area contributed by atoms with Gasteiger partial charge in [-0.1, -0.05) is 12.1 Å². The fourth-order valence-corrected chi connectivity index (χ4v) is 3.78. The summed E-state index contributed by atoms with van der Waals surface area (Å²) in [6.07, 6.45) is 5.44. The summed E-state index contributed by atoms with van der Waals surface area (Å²) in [4.78, 5) is 16.3. The molecule has 0 atom stereocenters. The maximum atomic E-state index is 12.3. The molecule has 1 aromatic heterocycles. The minimum absolute atomic E-state index is 0. The van der Waals surface area contributed by atoms with Crippen LogP contribution in [0.25, 0.3) is 0 Å². The van der Waals surface area contributed by atoms with Crippen molar-refractivity contribution in [3.8, 4) is 0 Å². The van der Waals surface area contributed by atoms with Crippen LogP contribution in [0.15, 0.2) is 47.2 Å². The Bertz CT molecular complexity index is 762. The number of quaternary nitrogens is 1. The van der Waals surface area contributed by atoms with Crippen LogP contribution in [0, 0.1) is 0 Å². The van der Waals surface area contributed by atoms with Gasteiger partial charge in [-0.25, -0.2) is 0 Å². The van der Waals surface area contributed by atoms with E-state index in [-0.39, 0.29) is 29.9 Å². The van der Waals surface area contributed by atoms with Gasteiger partial charge in [0.2, 0.25) is 0 Å². The number of amides is 1. The van der Waals surface area contributed by atoms with Crippen LogP contribution < -0.4 is 29.3 Å². The molecule has 2 heterocycles. The molecule has 5 nitrogen and oxygen atoms in total. The molecule has 3 rings (SSSR count). The van der Waals surface area contributed by atoms with E-state index in [9.17, 15) is 4.79 Å². The molecule has 0 unspecified atom stereocenters. The van der Waals surface area contributed by atoms with E-state index in [1.54, 1.807) is 18.5 Å². The molecule has 2 aromatic rings. The van der Waals surface area contributed by atoms with Crippen molar-refractivity contribution < 1.29 is 38.0 Å². The molecule has 1 aliphatic heterocycles. The highest BCUT2D eigenvalue weighted by atomic mass is 127. The van der Waals surface area contributed by atoms with Crippen molar-refractivity contribution in [2.45, 2.75) is 25.4 Å². The Hall–Kier alpha value is -1.03. The lowest BCUT2D eigenvalue weighted by Crippen LogP contribution is -3.00. The van der Waals surface area contributed by atoms with Gasteiger partial charge < -0.3 is 38.5 Å². The molecular formula is C20H25BrIN3O2. The fourth-order valence-electron chi connectivity index (χ4n) is 3.42. The fraction of sp³-hybridized carbons (Fsp3) is 0.400. The largest absolute Gasteiger partial charge is 1.00 e. The van der Waals surface area contributed by atoms with Crippen LogP contribution in [0.5, 0.6) is 0 Å². The Morgan fingerprint density at radius 2 is 1.89 bits per heavy atom. The second kappa shape index (κ2) is 9.95. The van der Waals surface area contributed by atoms with E-state index in [1.807, 2.05) is 12.1 Å². The first-order valence-electron chi connectivity index (χ1n) is 8.85. The minimum Gasteiger partial charge on any atom is -1.00 e. The number of pyridine rings is 1. The maximum Gasteiger partial charge on any atom is 0.257 e. The average Bonchev–Trinajstić information content (AvgIpc) is 2.64. The van der Waals surface area contributed by atoms with Gasteiger partial charge in [0, 0.05) is 41.0 Å². The van der Waals surface area contributed by atoms with Crippen molar-refractivity contribution in [3.05, 3.63) is 58.3 Å². The molecule has 7 heteroatoms. The van der Waals surface area contributed by atoms with Crippen molar-refractivity contribution in [2.24, 2.45) is 0 Å². The predicted octanol–water partition coefficient (Wildman–Crippen LogP) is 0.856. The standard InChI is InChI=1S/C20H24BrN3O2.HI/c1-24(2,19-7-9-26-10-8-19)14-15-3-5-18(6-4-15)23-20(25)16-11-17(21)13-22-12-16;/h3-6,11-13,19H,7-10,14H2,1-2H3;1H. The predicted molar refractivity (Wildman–Crippen MR) is 106 cm³/mol. The molecule has 0 aliphatic carbocycles. The number of hydrogen-bond donors (Lipinski definition) is 1. The Morgan fingerprint density at radius 1 is 1.22 bits per heavy atom. The van der Waals surface area contributed by atoms with Crippen LogP contribution in [-0.4, -0.2) is 48.7 Å². The molecule has 1 aromatic carbocycles. The summed E-state index contributed by atoms with van der Waals surface area (Å²) in [5.41, 5.74) is 2.58. The molecule has 1 fully saturated rings. The molecule has 1 aliphatic rings. The Labute approximate surface area is 186 Å². The number of nitrogens with zero attached hydrogens (tertiary/aromatic N) is 2. The van der Waals surface area contributed by atoms with Crippen LogP contribution in [0.3, 0.4) is 0 Å². The lowest BCUT2D eigenvalue weighted by molar-refractivity contribution is -0.929. The van der Waals surface area contributed by atoms with Crippen LogP contribution in [0.2, 0.25) is 0 Å². The molecule has 0 bridgehead atoms. The summed E-state index contributed by atoms with van der Waals surface area (Å²) < 4.78 is 7.23. The number of halogens is 2. The summed E-state index contributed by atoms with van der Waals surface area (Å²) in [6, 6.07) is 10.5. The SMILES string of the molecule is C[N+](C)(Cc1ccc(NC(=O)c2cncc(Br)c2)cc1)C1CCOCC1.[I-]. The topological polar surface area (TPSA) is 51.2 Å². The summed E-state index contributed by atoms with van der Waals surface area (Å²) in [7, 11) is 4.57. The number of aromatic nitrogens is 1. The van der Waals surface area contributed by atoms with E-state index >= 15 is 0 Å². The lowest BCUT2D eigenvalue weighted by atomic mass is 10.0. The second-order valence-corrected chi connectivity index (χ2v) is 8.24. The zero-order chi connectivity index (χ0) is 18.6. The smallest absolute Gasteiger partial charge is 0.257 e. The van der Waals surface area contributed by atoms with Gasteiger partial charge in [-0.05, 0) is 34.1 Å². The highest BCUT2D eigenvalue weighted by Crippen LogP contribution is 2.23. The molecule has 146 valence electrons. The number of carbonyl (C=O) groups excluding carboxylic acids is 1. The summed E-state index contributed by atoms with van der Waals surface area (Å²) in [6.45, 7) is 2.69. The van der Waals surface area contributed by atoms with Crippen LogP contribution in [0.1, 0.15) is 28.8 Å². The van der Waals surface area contributed by atoms with Gasteiger partial charge >= 0.3 is 0 Å². The zero-order valence-electron chi connectivity index (χ0n) is 15.6. The Morgan fingerprint density at radius 3 is 2.52 bits per heavy atom. The summed E-state index contributed by atoms with van der Waals surface area (Å²) >= 11 is 3.33. The number of ether oxygens (including phenoxy) is 1. The van der Waals surface area contributed by atoms with Gasteiger partial charge in [0.1, 0.15) is 6.54 Å². The number of nitrogens with one attached hydrogen (secondary N) is 1. The first-order valence-corrected chi connectivity index (χ1v) is 9.64. The number of hydrogen-bond acceptors (Lipinski definition) is 3. The van der Waals surface area contributed by atoms with Crippen molar-refractivity contribution in [3.63, 3.8) is 0 Å². The average molecular weight is 546 g/mol. The Balaban J connectivity index is 0.00000261. The van der Waals surface area contributed by atoms with Crippen LogP contribution in [0.4, 0.5) is 5.69 Å². The van der Waals surface area contributed by atoms with Gasteiger partial charge in [-0.15, -0.1) is 0 Å². The normalized spacial score (nSPS) is 15.1. The lowest BCUT2D eigenvalue weighted by Gasteiger charge is -2.40. The van der Waals surface area contributed by atoms with Gasteiger partial charge in [0.05, 0.1) is 38.9 Å². The Kier molecular flexibility index (Phi) is 8.20. The molecule has 27 heavy (non-hydrogen) atoms. The number of benzene rings is 1. The minimum atomic E-state index is -0.162. The molecule has 0 spiro atoms. The molecule has 0 saturated carbocycles. The first-order chi connectivity index (χ1) is 12.4. The first kappa shape index (κ1) is 22.3. The molecule has 0 radical (unpaired) electrons. The number of carbonyl (C=O) groups is 1. The summed E-state index contributed by atoms with van der Waals surface area (Å²) in [5.74, 6) is -0.162. The monoisotopic (exact) mass is 545 g/mol. The number of anilines is 1. The third-order valence-electron chi connectivity index (χ3n) is 4.95. The zero-order valence-corrected chi connectivity index (χ0v) is 19.4. The molecule has 1 saturated heterocycles. The van der Waals surface area contributed by atoms with E-state index < -0.39 is 0 Å².